The lowest BCUT2D eigenvalue weighted by atomic mass is 10.2. The lowest BCUT2D eigenvalue weighted by Crippen LogP contribution is -2.13. The molecule has 1 amide bonds. The van der Waals surface area contributed by atoms with Gasteiger partial charge < -0.3 is 11.1 Å². The van der Waals surface area contributed by atoms with Gasteiger partial charge in [-0.2, -0.15) is 0 Å². The van der Waals surface area contributed by atoms with Crippen molar-refractivity contribution >= 4 is 22.9 Å². The third kappa shape index (κ3) is 2.91. The quantitative estimate of drug-likeness (QED) is 0.877. The number of rotatable bonds is 4. The number of amides is 1. The van der Waals surface area contributed by atoms with Gasteiger partial charge in [0.15, 0.2) is 0 Å². The SMILES string of the molecule is Cc1cnccc1NC(=O)c1csc(CCN)n1. The normalized spacial score (nSPS) is 10.3. The summed E-state index contributed by atoms with van der Waals surface area (Å²) in [6.07, 6.45) is 4.05. The van der Waals surface area contributed by atoms with Crippen molar-refractivity contribution in [1.82, 2.24) is 9.97 Å². The Bertz CT molecular complexity index is 553. The Morgan fingerprint density at radius 3 is 3.11 bits per heavy atom. The number of nitrogens with one attached hydrogen (secondary N) is 1. The highest BCUT2D eigenvalue weighted by molar-refractivity contribution is 7.09. The number of hydrogen-bond acceptors (Lipinski definition) is 5. The van der Waals surface area contributed by atoms with Crippen molar-refractivity contribution in [3.8, 4) is 0 Å². The summed E-state index contributed by atoms with van der Waals surface area (Å²) < 4.78 is 0. The van der Waals surface area contributed by atoms with E-state index in [2.05, 4.69) is 15.3 Å². The maximum atomic E-state index is 12.0. The minimum atomic E-state index is -0.205. The molecule has 0 radical (unpaired) electrons. The average molecular weight is 262 g/mol. The standard InChI is InChI=1S/C12H14N4OS/c1-8-6-14-5-3-9(8)16-12(17)10-7-18-11(15-10)2-4-13/h3,5-7H,2,4,13H2,1H3,(H,14,16,17). The summed E-state index contributed by atoms with van der Waals surface area (Å²) in [5.41, 5.74) is 7.55. The van der Waals surface area contributed by atoms with Crippen LogP contribution in [-0.4, -0.2) is 22.4 Å². The molecule has 0 saturated heterocycles. The second-order valence-corrected chi connectivity index (χ2v) is 4.75. The summed E-state index contributed by atoms with van der Waals surface area (Å²) in [4.78, 5) is 20.2. The van der Waals surface area contributed by atoms with E-state index in [-0.39, 0.29) is 5.91 Å². The minimum Gasteiger partial charge on any atom is -0.330 e. The molecule has 0 fully saturated rings. The van der Waals surface area contributed by atoms with Gasteiger partial charge in [-0.25, -0.2) is 4.98 Å². The van der Waals surface area contributed by atoms with Crippen LogP contribution in [0.2, 0.25) is 0 Å². The first-order chi connectivity index (χ1) is 8.70. The number of carbonyl (C=O) groups excluding carboxylic acids is 1. The Labute approximate surface area is 109 Å². The van der Waals surface area contributed by atoms with Crippen LogP contribution in [0.15, 0.2) is 23.8 Å². The van der Waals surface area contributed by atoms with E-state index in [1.165, 1.54) is 11.3 Å². The van der Waals surface area contributed by atoms with Gasteiger partial charge in [0.25, 0.3) is 5.91 Å². The number of thiazole rings is 1. The van der Waals surface area contributed by atoms with E-state index in [4.69, 9.17) is 5.73 Å². The van der Waals surface area contributed by atoms with Crippen LogP contribution < -0.4 is 11.1 Å². The second kappa shape index (κ2) is 5.70. The number of nitrogens with zero attached hydrogens (tertiary/aromatic N) is 2. The zero-order valence-electron chi connectivity index (χ0n) is 10.0. The van der Waals surface area contributed by atoms with Crippen LogP contribution in [0.5, 0.6) is 0 Å². The molecular formula is C12H14N4OS. The smallest absolute Gasteiger partial charge is 0.275 e. The first-order valence-electron chi connectivity index (χ1n) is 5.57. The molecule has 0 bridgehead atoms. The van der Waals surface area contributed by atoms with Gasteiger partial charge in [0.1, 0.15) is 5.69 Å². The summed E-state index contributed by atoms with van der Waals surface area (Å²) in [7, 11) is 0. The van der Waals surface area contributed by atoms with Gasteiger partial charge in [0, 0.05) is 29.9 Å². The van der Waals surface area contributed by atoms with Crippen molar-refractivity contribution in [2.24, 2.45) is 5.73 Å². The molecule has 3 N–H and O–H groups in total. The Morgan fingerprint density at radius 1 is 1.56 bits per heavy atom. The molecule has 0 aliphatic carbocycles. The number of anilines is 1. The molecule has 0 aliphatic heterocycles. The number of carbonyl (C=O) groups is 1. The molecule has 5 nitrogen and oxygen atoms in total. The Morgan fingerprint density at radius 2 is 2.39 bits per heavy atom. The number of nitrogens with two attached hydrogens (primary N) is 1. The van der Waals surface area contributed by atoms with Crippen LogP contribution >= 0.6 is 11.3 Å². The first kappa shape index (κ1) is 12.7. The van der Waals surface area contributed by atoms with Crippen molar-refractivity contribution in [2.45, 2.75) is 13.3 Å². The fourth-order valence-corrected chi connectivity index (χ4v) is 2.25. The van der Waals surface area contributed by atoms with E-state index in [9.17, 15) is 4.79 Å². The molecule has 2 heterocycles. The van der Waals surface area contributed by atoms with Crippen molar-refractivity contribution in [3.05, 3.63) is 40.1 Å². The highest BCUT2D eigenvalue weighted by atomic mass is 32.1. The number of aryl methyl sites for hydroxylation is 1. The molecule has 94 valence electrons. The Hall–Kier alpha value is -1.79. The molecule has 2 rings (SSSR count). The summed E-state index contributed by atoms with van der Waals surface area (Å²) in [6, 6.07) is 1.76. The van der Waals surface area contributed by atoms with Gasteiger partial charge in [0.2, 0.25) is 0 Å². The minimum absolute atomic E-state index is 0.205. The Kier molecular flexibility index (Phi) is 4.01. The fraction of sp³-hybridized carbons (Fsp3) is 0.250. The van der Waals surface area contributed by atoms with Gasteiger partial charge in [-0.05, 0) is 25.1 Å². The van der Waals surface area contributed by atoms with Crippen LogP contribution in [0.3, 0.4) is 0 Å². The molecule has 0 atom stereocenters. The molecule has 0 spiro atoms. The zero-order valence-corrected chi connectivity index (χ0v) is 10.8. The summed E-state index contributed by atoms with van der Waals surface area (Å²) in [5, 5.41) is 5.45. The van der Waals surface area contributed by atoms with Crippen molar-refractivity contribution in [3.63, 3.8) is 0 Å². The second-order valence-electron chi connectivity index (χ2n) is 3.81. The highest BCUT2D eigenvalue weighted by Gasteiger charge is 2.11. The molecule has 0 saturated carbocycles. The molecule has 2 aromatic rings. The van der Waals surface area contributed by atoms with E-state index in [1.807, 2.05) is 6.92 Å². The van der Waals surface area contributed by atoms with E-state index in [0.717, 1.165) is 16.3 Å². The highest BCUT2D eigenvalue weighted by Crippen LogP contribution is 2.15. The summed E-state index contributed by atoms with van der Waals surface area (Å²) in [6.45, 7) is 2.43. The van der Waals surface area contributed by atoms with E-state index in [1.54, 1.807) is 23.8 Å². The van der Waals surface area contributed by atoms with Crippen LogP contribution in [0.1, 0.15) is 21.1 Å². The lowest BCUT2D eigenvalue weighted by Gasteiger charge is -2.05. The van der Waals surface area contributed by atoms with Crippen LogP contribution in [0.4, 0.5) is 5.69 Å². The zero-order chi connectivity index (χ0) is 13.0. The maximum Gasteiger partial charge on any atom is 0.275 e. The summed E-state index contributed by atoms with van der Waals surface area (Å²) >= 11 is 1.45. The fourth-order valence-electron chi connectivity index (χ4n) is 1.45. The van der Waals surface area contributed by atoms with Crippen molar-refractivity contribution < 1.29 is 4.79 Å². The van der Waals surface area contributed by atoms with E-state index >= 15 is 0 Å². The molecule has 0 aromatic carbocycles. The van der Waals surface area contributed by atoms with E-state index in [0.29, 0.717) is 18.7 Å². The predicted molar refractivity (Wildman–Crippen MR) is 71.8 cm³/mol. The summed E-state index contributed by atoms with van der Waals surface area (Å²) in [5.74, 6) is -0.205. The lowest BCUT2D eigenvalue weighted by molar-refractivity contribution is 0.102. The van der Waals surface area contributed by atoms with Gasteiger partial charge in [-0.15, -0.1) is 11.3 Å². The maximum absolute atomic E-state index is 12.0. The van der Waals surface area contributed by atoms with Crippen LogP contribution in [0, 0.1) is 6.92 Å². The molecule has 0 aliphatic rings. The van der Waals surface area contributed by atoms with Gasteiger partial charge in [-0.3, -0.25) is 9.78 Å². The number of pyridine rings is 1. The molecule has 2 aromatic heterocycles. The number of hydrogen-bond donors (Lipinski definition) is 2. The predicted octanol–water partition coefficient (Wildman–Crippen LogP) is 1.60. The third-order valence-corrected chi connectivity index (χ3v) is 3.32. The van der Waals surface area contributed by atoms with E-state index < -0.39 is 0 Å². The third-order valence-electron chi connectivity index (χ3n) is 2.41. The first-order valence-corrected chi connectivity index (χ1v) is 6.45. The molecule has 18 heavy (non-hydrogen) atoms. The van der Waals surface area contributed by atoms with Crippen LogP contribution in [-0.2, 0) is 6.42 Å². The average Bonchev–Trinajstić information content (AvgIpc) is 2.81. The molecule has 6 heteroatoms. The van der Waals surface area contributed by atoms with Crippen molar-refractivity contribution in [1.29, 1.82) is 0 Å². The number of aromatic nitrogens is 2. The largest absolute Gasteiger partial charge is 0.330 e. The van der Waals surface area contributed by atoms with Gasteiger partial charge in [-0.1, -0.05) is 0 Å². The monoisotopic (exact) mass is 262 g/mol. The van der Waals surface area contributed by atoms with Crippen LogP contribution in [0.25, 0.3) is 0 Å². The van der Waals surface area contributed by atoms with Crippen molar-refractivity contribution in [2.75, 3.05) is 11.9 Å². The molecular weight excluding hydrogens is 248 g/mol. The van der Waals surface area contributed by atoms with Gasteiger partial charge >= 0.3 is 0 Å². The van der Waals surface area contributed by atoms with Gasteiger partial charge in [0.05, 0.1) is 5.01 Å². The molecule has 0 unspecified atom stereocenters. The topological polar surface area (TPSA) is 80.9 Å². The Balaban J connectivity index is 2.10.